The highest BCUT2D eigenvalue weighted by atomic mass is 16.6. The highest BCUT2D eigenvalue weighted by Gasteiger charge is 2.73. The predicted octanol–water partition coefficient (Wildman–Crippen LogP) is 0.438. The molecule has 4 aliphatic rings. The van der Waals surface area contributed by atoms with Crippen LogP contribution in [-0.2, 0) is 14.3 Å². The van der Waals surface area contributed by atoms with Crippen LogP contribution in [0.25, 0.3) is 0 Å². The van der Waals surface area contributed by atoms with Crippen molar-refractivity contribution in [3.8, 4) is 0 Å². The van der Waals surface area contributed by atoms with E-state index in [1.807, 2.05) is 13.8 Å². The molecule has 0 amide bonds. The van der Waals surface area contributed by atoms with Gasteiger partial charge in [0.25, 0.3) is 0 Å². The molecule has 6 nitrogen and oxygen atoms in total. The zero-order valence-corrected chi connectivity index (χ0v) is 15.0. The molecule has 0 aromatic carbocycles. The molecule has 138 valence electrons. The molecule has 2 bridgehead atoms. The van der Waals surface area contributed by atoms with Gasteiger partial charge in [0.1, 0.15) is 6.10 Å². The molecule has 0 aromatic heterocycles. The van der Waals surface area contributed by atoms with Crippen LogP contribution >= 0.6 is 0 Å². The number of carbonyl (C=O) groups is 2. The number of aliphatic hydroxyl groups is 3. The van der Waals surface area contributed by atoms with Crippen molar-refractivity contribution in [1.29, 1.82) is 0 Å². The zero-order valence-electron chi connectivity index (χ0n) is 15.0. The predicted molar refractivity (Wildman–Crippen MR) is 87.1 cm³/mol. The maximum atomic E-state index is 13.2. The number of hydrogen-bond acceptors (Lipinski definition) is 6. The van der Waals surface area contributed by atoms with Gasteiger partial charge in [-0.05, 0) is 18.4 Å². The third kappa shape index (κ3) is 1.76. The second kappa shape index (κ2) is 4.93. The van der Waals surface area contributed by atoms with Gasteiger partial charge in [0.05, 0.1) is 29.6 Å². The number of hydrogen-bond donors (Lipinski definition) is 3. The lowest BCUT2D eigenvalue weighted by Crippen LogP contribution is -2.68. The van der Waals surface area contributed by atoms with Crippen molar-refractivity contribution in [3.63, 3.8) is 0 Å². The van der Waals surface area contributed by atoms with Gasteiger partial charge in [0.15, 0.2) is 5.78 Å². The Balaban J connectivity index is 1.97. The van der Waals surface area contributed by atoms with E-state index in [1.54, 1.807) is 19.9 Å². The Labute approximate surface area is 146 Å². The van der Waals surface area contributed by atoms with Crippen LogP contribution in [0.5, 0.6) is 0 Å². The van der Waals surface area contributed by atoms with Gasteiger partial charge < -0.3 is 20.1 Å². The molecular weight excluding hydrogens is 324 g/mol. The van der Waals surface area contributed by atoms with Crippen molar-refractivity contribution in [1.82, 2.24) is 0 Å². The summed E-state index contributed by atoms with van der Waals surface area (Å²) in [6.45, 7) is 7.27. The van der Waals surface area contributed by atoms with Gasteiger partial charge in [-0.3, -0.25) is 9.59 Å². The summed E-state index contributed by atoms with van der Waals surface area (Å²) in [7, 11) is 0. The fourth-order valence-corrected chi connectivity index (χ4v) is 6.59. The Morgan fingerprint density at radius 1 is 1.12 bits per heavy atom. The van der Waals surface area contributed by atoms with Gasteiger partial charge in [-0.2, -0.15) is 0 Å². The Bertz CT molecular complexity index is 685. The Morgan fingerprint density at radius 2 is 1.76 bits per heavy atom. The molecule has 10 atom stereocenters. The number of fused-ring (bicyclic) bond motifs is 6. The number of allylic oxidation sites excluding steroid dienone is 1. The fraction of sp³-hybridized carbons (Fsp3) is 0.789. The molecule has 1 aliphatic heterocycles. The quantitative estimate of drug-likeness (QED) is 0.548. The summed E-state index contributed by atoms with van der Waals surface area (Å²) >= 11 is 0. The minimum Gasteiger partial charge on any atom is -0.459 e. The van der Waals surface area contributed by atoms with Crippen LogP contribution in [0, 0.1) is 34.5 Å². The molecule has 6 heteroatoms. The van der Waals surface area contributed by atoms with E-state index >= 15 is 0 Å². The van der Waals surface area contributed by atoms with Crippen LogP contribution < -0.4 is 0 Å². The fourth-order valence-electron chi connectivity index (χ4n) is 6.59. The molecular formula is C19H26O6. The smallest absolute Gasteiger partial charge is 0.310 e. The largest absolute Gasteiger partial charge is 0.459 e. The first-order valence-electron chi connectivity index (χ1n) is 9.07. The van der Waals surface area contributed by atoms with Crippen LogP contribution in [-0.4, -0.2) is 51.5 Å². The molecule has 0 radical (unpaired) electrons. The van der Waals surface area contributed by atoms with E-state index in [0.29, 0.717) is 6.42 Å². The minimum absolute atomic E-state index is 0.0854. The maximum Gasteiger partial charge on any atom is 0.310 e. The molecule has 4 rings (SSSR count). The standard InChI is InChI=1S/C19H26O6/c1-7-5-10(20)16(23)18(3)9(7)6-11(21)19(4)12-8(2)14(25-17(12)24)13(22)15(18)19/h6-8,10,12-16,20,22-23H,5H2,1-4H3/t7-,8-,10-,12-,13-,14-,15-,16-,18-,19-/m0/s1. The third-order valence-corrected chi connectivity index (χ3v) is 7.71. The summed E-state index contributed by atoms with van der Waals surface area (Å²) < 4.78 is 5.42. The van der Waals surface area contributed by atoms with Gasteiger partial charge in [0.2, 0.25) is 0 Å². The highest BCUT2D eigenvalue weighted by molar-refractivity contribution is 6.01. The second-order valence-electron chi connectivity index (χ2n) is 8.88. The van der Waals surface area contributed by atoms with Crippen molar-refractivity contribution >= 4 is 11.8 Å². The molecule has 0 unspecified atom stereocenters. The molecule has 3 aliphatic carbocycles. The monoisotopic (exact) mass is 350 g/mol. The first-order valence-corrected chi connectivity index (χ1v) is 9.07. The first kappa shape index (κ1) is 17.2. The lowest BCUT2D eigenvalue weighted by molar-refractivity contribution is -0.195. The number of ether oxygens (including phenoxy) is 1. The number of rotatable bonds is 0. The lowest BCUT2D eigenvalue weighted by Gasteiger charge is -2.61. The van der Waals surface area contributed by atoms with Crippen LogP contribution in [0.15, 0.2) is 11.6 Å². The first-order chi connectivity index (χ1) is 11.6. The van der Waals surface area contributed by atoms with Crippen molar-refractivity contribution in [2.24, 2.45) is 34.5 Å². The second-order valence-corrected chi connectivity index (χ2v) is 8.88. The van der Waals surface area contributed by atoms with E-state index in [9.17, 15) is 24.9 Å². The van der Waals surface area contributed by atoms with Crippen LogP contribution in [0.2, 0.25) is 0 Å². The maximum absolute atomic E-state index is 13.2. The van der Waals surface area contributed by atoms with Gasteiger partial charge >= 0.3 is 5.97 Å². The average Bonchev–Trinajstić information content (AvgIpc) is 2.78. The Morgan fingerprint density at radius 3 is 2.40 bits per heavy atom. The van der Waals surface area contributed by atoms with Gasteiger partial charge in [-0.1, -0.05) is 33.3 Å². The van der Waals surface area contributed by atoms with E-state index in [1.165, 1.54) is 0 Å². The van der Waals surface area contributed by atoms with Crippen molar-refractivity contribution in [3.05, 3.63) is 11.6 Å². The molecule has 0 aromatic rings. The van der Waals surface area contributed by atoms with E-state index < -0.39 is 53.1 Å². The lowest BCUT2D eigenvalue weighted by atomic mass is 9.42. The minimum atomic E-state index is -1.15. The normalized spacial score (nSPS) is 57.5. The van der Waals surface area contributed by atoms with Crippen molar-refractivity contribution < 1.29 is 29.6 Å². The van der Waals surface area contributed by atoms with Crippen LogP contribution in [0.4, 0.5) is 0 Å². The van der Waals surface area contributed by atoms with Crippen LogP contribution in [0.3, 0.4) is 0 Å². The van der Waals surface area contributed by atoms with Crippen molar-refractivity contribution in [2.75, 3.05) is 0 Å². The van der Waals surface area contributed by atoms with E-state index in [2.05, 4.69) is 0 Å². The third-order valence-electron chi connectivity index (χ3n) is 7.71. The Kier molecular flexibility index (Phi) is 3.39. The summed E-state index contributed by atoms with van der Waals surface area (Å²) in [5.74, 6) is -2.32. The van der Waals surface area contributed by atoms with Gasteiger partial charge in [-0.15, -0.1) is 0 Å². The van der Waals surface area contributed by atoms with Crippen LogP contribution in [0.1, 0.15) is 34.1 Å². The van der Waals surface area contributed by atoms with Gasteiger partial charge in [0, 0.05) is 17.3 Å². The van der Waals surface area contributed by atoms with Crippen molar-refractivity contribution in [2.45, 2.75) is 58.5 Å². The topological polar surface area (TPSA) is 104 Å². The zero-order chi connectivity index (χ0) is 18.5. The highest BCUT2D eigenvalue weighted by Crippen LogP contribution is 2.65. The SMILES string of the molecule is C[C@@H]1[C@@H]2OC(=O)[C@H]1[C@]1(C)C(=O)C=C3[C@@H](C)C[C@H](O)[C@H](O)[C@]3(C)[C@@H]1[C@H]2O. The molecule has 1 heterocycles. The van der Waals surface area contributed by atoms with Gasteiger partial charge in [-0.25, -0.2) is 0 Å². The number of esters is 1. The van der Waals surface area contributed by atoms with E-state index in [-0.39, 0.29) is 17.6 Å². The number of aliphatic hydroxyl groups excluding tert-OH is 3. The summed E-state index contributed by atoms with van der Waals surface area (Å²) in [4.78, 5) is 25.6. The molecule has 3 fully saturated rings. The summed E-state index contributed by atoms with van der Waals surface area (Å²) in [6, 6.07) is 0. The average molecular weight is 350 g/mol. The van der Waals surface area contributed by atoms with E-state index in [0.717, 1.165) is 5.57 Å². The molecule has 25 heavy (non-hydrogen) atoms. The summed E-state index contributed by atoms with van der Waals surface area (Å²) in [6.07, 6.45) is -1.86. The molecule has 1 saturated heterocycles. The summed E-state index contributed by atoms with van der Waals surface area (Å²) in [5, 5.41) is 32.4. The van der Waals surface area contributed by atoms with E-state index in [4.69, 9.17) is 4.74 Å². The molecule has 0 spiro atoms. The molecule has 2 saturated carbocycles. The molecule has 3 N–H and O–H groups in total. The Hall–Kier alpha value is -1.24. The number of carbonyl (C=O) groups excluding carboxylic acids is 2. The summed E-state index contributed by atoms with van der Waals surface area (Å²) in [5.41, 5.74) is -1.37. The number of ketones is 1.